The van der Waals surface area contributed by atoms with Crippen molar-refractivity contribution in [2.45, 2.75) is 13.3 Å². The van der Waals surface area contributed by atoms with Gasteiger partial charge in [-0.3, -0.25) is 14.9 Å². The van der Waals surface area contributed by atoms with Gasteiger partial charge in [0.1, 0.15) is 10.3 Å². The predicted molar refractivity (Wildman–Crippen MR) is 82.4 cm³/mol. The smallest absolute Gasteiger partial charge is 0.274 e. The van der Waals surface area contributed by atoms with E-state index in [0.717, 1.165) is 0 Å². The lowest BCUT2D eigenvalue weighted by Crippen LogP contribution is -2.14. The fourth-order valence-electron chi connectivity index (χ4n) is 1.84. The maximum Gasteiger partial charge on any atom is 0.274 e. The van der Waals surface area contributed by atoms with Gasteiger partial charge in [-0.1, -0.05) is 19.1 Å². The Bertz CT molecular complexity index is 704. The molecule has 0 unspecified atom stereocenters. The minimum atomic E-state index is -0.453. The molecule has 6 nitrogen and oxygen atoms in total. The van der Waals surface area contributed by atoms with Gasteiger partial charge in [0.2, 0.25) is 0 Å². The summed E-state index contributed by atoms with van der Waals surface area (Å²) in [7, 11) is 0. The summed E-state index contributed by atoms with van der Waals surface area (Å²) in [6.07, 6.45) is 0.553. The van der Waals surface area contributed by atoms with E-state index in [-0.39, 0.29) is 11.4 Å². The molecule has 0 aliphatic heterocycles. The maximum atomic E-state index is 12.0. The number of aromatic nitrogens is 1. The Labute approximate surface area is 129 Å². The third-order valence-corrected chi connectivity index (χ3v) is 3.31. The Balaban J connectivity index is 2.25. The Kier molecular flexibility index (Phi) is 4.64. The molecule has 108 valence electrons. The van der Waals surface area contributed by atoms with Gasteiger partial charge in [0.05, 0.1) is 4.92 Å². The molecule has 0 saturated carbocycles. The average molecular weight is 350 g/mol. The van der Waals surface area contributed by atoms with Crippen molar-refractivity contribution < 1.29 is 9.72 Å². The summed E-state index contributed by atoms with van der Waals surface area (Å²) in [5.74, 6) is -0.421. The van der Waals surface area contributed by atoms with Crippen LogP contribution in [-0.4, -0.2) is 15.8 Å². The fourth-order valence-corrected chi connectivity index (χ4v) is 2.18. The maximum absolute atomic E-state index is 12.0. The number of anilines is 1. The number of nitrogens with one attached hydrogen (secondary N) is 1. The van der Waals surface area contributed by atoms with Crippen LogP contribution in [0, 0.1) is 10.1 Å². The summed E-state index contributed by atoms with van der Waals surface area (Å²) in [6.45, 7) is 1.84. The number of hydrogen-bond donors (Lipinski definition) is 1. The molecule has 0 atom stereocenters. The van der Waals surface area contributed by atoms with Gasteiger partial charge in [0, 0.05) is 17.3 Å². The SMILES string of the molecule is CCc1ccc(NC(=O)c2cccc(Br)n2)cc1[N+](=O)[O-]. The number of halogens is 1. The van der Waals surface area contributed by atoms with Crippen LogP contribution in [0.15, 0.2) is 41.0 Å². The fraction of sp³-hybridized carbons (Fsp3) is 0.143. The van der Waals surface area contributed by atoms with Gasteiger partial charge < -0.3 is 5.32 Å². The molecule has 1 aromatic heterocycles. The molecule has 0 radical (unpaired) electrons. The van der Waals surface area contributed by atoms with Crippen LogP contribution in [0.1, 0.15) is 23.0 Å². The Morgan fingerprint density at radius 3 is 2.76 bits per heavy atom. The van der Waals surface area contributed by atoms with Gasteiger partial charge in [0.15, 0.2) is 0 Å². The highest BCUT2D eigenvalue weighted by molar-refractivity contribution is 9.10. The third-order valence-electron chi connectivity index (χ3n) is 2.87. The molecule has 1 heterocycles. The number of carbonyl (C=O) groups excluding carboxylic acids is 1. The van der Waals surface area contributed by atoms with Crippen LogP contribution >= 0.6 is 15.9 Å². The molecule has 0 fully saturated rings. The number of amides is 1. The van der Waals surface area contributed by atoms with Crippen molar-refractivity contribution in [3.63, 3.8) is 0 Å². The van der Waals surface area contributed by atoms with Gasteiger partial charge in [-0.05, 0) is 40.5 Å². The third kappa shape index (κ3) is 3.63. The zero-order valence-corrected chi connectivity index (χ0v) is 12.8. The summed E-state index contributed by atoms with van der Waals surface area (Å²) in [4.78, 5) is 26.6. The van der Waals surface area contributed by atoms with E-state index in [9.17, 15) is 14.9 Å². The first-order valence-electron chi connectivity index (χ1n) is 6.22. The van der Waals surface area contributed by atoms with Gasteiger partial charge in [-0.2, -0.15) is 0 Å². The second-order valence-corrected chi connectivity index (χ2v) is 5.07. The Morgan fingerprint density at radius 1 is 1.38 bits per heavy atom. The highest BCUT2D eigenvalue weighted by atomic mass is 79.9. The van der Waals surface area contributed by atoms with Crippen molar-refractivity contribution >= 4 is 33.2 Å². The van der Waals surface area contributed by atoms with E-state index in [2.05, 4.69) is 26.2 Å². The predicted octanol–water partition coefficient (Wildman–Crippen LogP) is 3.57. The lowest BCUT2D eigenvalue weighted by atomic mass is 10.1. The van der Waals surface area contributed by atoms with Crippen molar-refractivity contribution in [1.82, 2.24) is 4.98 Å². The summed E-state index contributed by atoms with van der Waals surface area (Å²) in [6, 6.07) is 9.60. The van der Waals surface area contributed by atoms with E-state index in [1.807, 2.05) is 6.92 Å². The molecule has 1 amide bonds. The van der Waals surface area contributed by atoms with Crippen LogP contribution in [0.5, 0.6) is 0 Å². The number of carbonyl (C=O) groups is 1. The van der Waals surface area contributed by atoms with E-state index < -0.39 is 10.8 Å². The summed E-state index contributed by atoms with van der Waals surface area (Å²) in [5.41, 5.74) is 1.22. The largest absolute Gasteiger partial charge is 0.320 e. The van der Waals surface area contributed by atoms with Gasteiger partial charge >= 0.3 is 0 Å². The van der Waals surface area contributed by atoms with Crippen molar-refractivity contribution in [2.24, 2.45) is 0 Å². The standard InChI is InChI=1S/C14H12BrN3O3/c1-2-9-6-7-10(8-12(9)18(20)21)16-14(19)11-4-3-5-13(15)17-11/h3-8H,2H2,1H3,(H,16,19). The number of hydrogen-bond acceptors (Lipinski definition) is 4. The zero-order chi connectivity index (χ0) is 15.4. The van der Waals surface area contributed by atoms with Crippen molar-refractivity contribution in [3.05, 3.63) is 62.4 Å². The molecular formula is C14H12BrN3O3. The van der Waals surface area contributed by atoms with Crippen LogP contribution < -0.4 is 5.32 Å². The van der Waals surface area contributed by atoms with Crippen molar-refractivity contribution in [3.8, 4) is 0 Å². The summed E-state index contributed by atoms with van der Waals surface area (Å²) >= 11 is 3.18. The lowest BCUT2D eigenvalue weighted by Gasteiger charge is -2.06. The molecule has 2 aromatic rings. The topological polar surface area (TPSA) is 85.1 Å². The normalized spacial score (nSPS) is 10.2. The Morgan fingerprint density at radius 2 is 2.14 bits per heavy atom. The van der Waals surface area contributed by atoms with E-state index in [4.69, 9.17) is 0 Å². The number of aryl methyl sites for hydroxylation is 1. The molecule has 1 aromatic carbocycles. The van der Waals surface area contributed by atoms with E-state index in [0.29, 0.717) is 22.3 Å². The minimum Gasteiger partial charge on any atom is -0.320 e. The summed E-state index contributed by atoms with van der Waals surface area (Å²) < 4.78 is 0.544. The van der Waals surface area contributed by atoms with Gasteiger partial charge in [0.25, 0.3) is 11.6 Å². The first kappa shape index (κ1) is 15.1. The number of nitro benzene ring substituents is 1. The summed E-state index contributed by atoms with van der Waals surface area (Å²) in [5, 5.41) is 13.6. The van der Waals surface area contributed by atoms with Gasteiger partial charge in [-0.15, -0.1) is 0 Å². The zero-order valence-electron chi connectivity index (χ0n) is 11.2. The quantitative estimate of drug-likeness (QED) is 0.519. The molecule has 0 aliphatic rings. The number of nitro groups is 1. The second kappa shape index (κ2) is 6.45. The molecule has 0 aliphatic carbocycles. The molecule has 21 heavy (non-hydrogen) atoms. The van der Waals surface area contributed by atoms with E-state index in [1.54, 1.807) is 30.3 Å². The minimum absolute atomic E-state index is 0.00231. The van der Waals surface area contributed by atoms with Crippen molar-refractivity contribution in [2.75, 3.05) is 5.32 Å². The van der Waals surface area contributed by atoms with Gasteiger partial charge in [-0.25, -0.2) is 4.98 Å². The van der Waals surface area contributed by atoms with Crippen LogP contribution in [0.25, 0.3) is 0 Å². The molecule has 2 rings (SSSR count). The van der Waals surface area contributed by atoms with Crippen LogP contribution in [-0.2, 0) is 6.42 Å². The van der Waals surface area contributed by atoms with Crippen molar-refractivity contribution in [1.29, 1.82) is 0 Å². The highest BCUT2D eigenvalue weighted by Crippen LogP contribution is 2.24. The molecule has 0 bridgehead atoms. The lowest BCUT2D eigenvalue weighted by molar-refractivity contribution is -0.385. The monoisotopic (exact) mass is 349 g/mol. The first-order chi connectivity index (χ1) is 10.0. The number of rotatable bonds is 4. The molecule has 7 heteroatoms. The molecule has 0 saturated heterocycles. The highest BCUT2D eigenvalue weighted by Gasteiger charge is 2.15. The second-order valence-electron chi connectivity index (χ2n) is 4.25. The molecule has 1 N–H and O–H groups in total. The van der Waals surface area contributed by atoms with E-state index >= 15 is 0 Å². The van der Waals surface area contributed by atoms with E-state index in [1.165, 1.54) is 6.07 Å². The number of nitrogens with zero attached hydrogens (tertiary/aromatic N) is 2. The van der Waals surface area contributed by atoms with Crippen LogP contribution in [0.2, 0.25) is 0 Å². The van der Waals surface area contributed by atoms with Crippen LogP contribution in [0.3, 0.4) is 0 Å². The molecule has 0 spiro atoms. The number of pyridine rings is 1. The first-order valence-corrected chi connectivity index (χ1v) is 7.01. The Hall–Kier alpha value is -2.28. The number of benzene rings is 1. The molecular weight excluding hydrogens is 338 g/mol. The average Bonchev–Trinajstić information content (AvgIpc) is 2.47. The van der Waals surface area contributed by atoms with Crippen LogP contribution in [0.4, 0.5) is 11.4 Å².